The summed E-state index contributed by atoms with van der Waals surface area (Å²) in [7, 11) is 0. The predicted octanol–water partition coefficient (Wildman–Crippen LogP) is 5.79. The lowest BCUT2D eigenvalue weighted by atomic mass is 10.1. The van der Waals surface area contributed by atoms with E-state index in [1.807, 2.05) is 6.92 Å². The van der Waals surface area contributed by atoms with Gasteiger partial charge in [-0.05, 0) is 12.8 Å². The Bertz CT molecular complexity index is 569. The van der Waals surface area contributed by atoms with Gasteiger partial charge in [0.15, 0.2) is 0 Å². The third kappa shape index (κ3) is 41.1. The highest BCUT2D eigenvalue weighted by atomic mass is 16.6. The second-order valence-electron chi connectivity index (χ2n) is 11.0. The van der Waals surface area contributed by atoms with Crippen molar-refractivity contribution in [1.29, 1.82) is 0 Å². The number of unbranched alkanes of at least 4 members (excludes halogenated alkanes) is 10. The standard InChI is InChI=1S/C35H70O11/c1-3-5-6-7-8-9-10-11-12-13-14-16-37-17-18-38-19-20-39-21-22-40-23-24-41-25-26-42-27-28-43-29-30-44-31-32-45-33-34-46-35(36)15-4-2/h3-34H2,1-2H3. The second kappa shape index (κ2) is 42.1. The minimum absolute atomic E-state index is 0.183. The van der Waals surface area contributed by atoms with Gasteiger partial charge in [0.25, 0.3) is 0 Å². The highest BCUT2D eigenvalue weighted by molar-refractivity contribution is 5.69. The van der Waals surface area contributed by atoms with Crippen molar-refractivity contribution >= 4 is 5.97 Å². The first-order valence-corrected chi connectivity index (χ1v) is 18.2. The van der Waals surface area contributed by atoms with Gasteiger partial charge in [-0.15, -0.1) is 0 Å². The van der Waals surface area contributed by atoms with E-state index in [1.165, 1.54) is 64.2 Å². The molecule has 11 heteroatoms. The highest BCUT2D eigenvalue weighted by Crippen LogP contribution is 2.11. The molecule has 0 aromatic carbocycles. The number of rotatable bonds is 41. The van der Waals surface area contributed by atoms with Gasteiger partial charge in [-0.1, -0.05) is 78.1 Å². The van der Waals surface area contributed by atoms with Gasteiger partial charge in [0.2, 0.25) is 0 Å². The Labute approximate surface area is 280 Å². The van der Waals surface area contributed by atoms with Crippen molar-refractivity contribution < 1.29 is 52.2 Å². The second-order valence-corrected chi connectivity index (χ2v) is 11.0. The van der Waals surface area contributed by atoms with E-state index >= 15 is 0 Å². The van der Waals surface area contributed by atoms with Gasteiger partial charge in [-0.2, -0.15) is 0 Å². The zero-order valence-corrected chi connectivity index (χ0v) is 29.6. The van der Waals surface area contributed by atoms with Crippen molar-refractivity contribution in [3.8, 4) is 0 Å². The Balaban J connectivity index is 3.05. The van der Waals surface area contributed by atoms with E-state index in [0.29, 0.717) is 119 Å². The molecule has 0 spiro atoms. The van der Waals surface area contributed by atoms with E-state index in [4.69, 9.17) is 47.4 Å². The summed E-state index contributed by atoms with van der Waals surface area (Å²) in [5.74, 6) is -0.183. The van der Waals surface area contributed by atoms with Crippen molar-refractivity contribution in [2.75, 3.05) is 126 Å². The van der Waals surface area contributed by atoms with Crippen LogP contribution in [0.1, 0.15) is 97.3 Å². The number of carbonyl (C=O) groups excluding carboxylic acids is 1. The lowest BCUT2D eigenvalue weighted by molar-refractivity contribution is -0.145. The van der Waals surface area contributed by atoms with Crippen LogP contribution in [0.4, 0.5) is 0 Å². The Morgan fingerprint density at radius 3 is 0.870 bits per heavy atom. The van der Waals surface area contributed by atoms with Crippen molar-refractivity contribution in [3.05, 3.63) is 0 Å². The van der Waals surface area contributed by atoms with Crippen LogP contribution in [0.25, 0.3) is 0 Å². The molecular formula is C35H70O11. The van der Waals surface area contributed by atoms with E-state index < -0.39 is 0 Å². The zero-order chi connectivity index (χ0) is 33.3. The van der Waals surface area contributed by atoms with Crippen LogP contribution in [0.5, 0.6) is 0 Å². The van der Waals surface area contributed by atoms with Gasteiger partial charge in [-0.3, -0.25) is 4.79 Å². The number of ether oxygens (including phenoxy) is 10. The van der Waals surface area contributed by atoms with Gasteiger partial charge in [0.1, 0.15) is 6.61 Å². The van der Waals surface area contributed by atoms with Gasteiger partial charge < -0.3 is 47.4 Å². The summed E-state index contributed by atoms with van der Waals surface area (Å²) in [5, 5.41) is 0. The molecule has 0 heterocycles. The summed E-state index contributed by atoms with van der Waals surface area (Å²) in [6.07, 6.45) is 16.1. The van der Waals surface area contributed by atoms with Crippen molar-refractivity contribution in [2.24, 2.45) is 0 Å². The van der Waals surface area contributed by atoms with Crippen LogP contribution in [-0.4, -0.2) is 132 Å². The van der Waals surface area contributed by atoms with Crippen LogP contribution < -0.4 is 0 Å². The molecule has 0 aliphatic rings. The summed E-state index contributed by atoms with van der Waals surface area (Å²) in [5.41, 5.74) is 0. The van der Waals surface area contributed by atoms with Crippen LogP contribution in [0.15, 0.2) is 0 Å². The molecule has 0 N–H and O–H groups in total. The summed E-state index contributed by atoms with van der Waals surface area (Å²) < 4.78 is 54.4. The first kappa shape index (κ1) is 45.1. The van der Waals surface area contributed by atoms with Gasteiger partial charge in [-0.25, -0.2) is 0 Å². The van der Waals surface area contributed by atoms with Crippen molar-refractivity contribution in [3.63, 3.8) is 0 Å². The molecule has 0 aliphatic heterocycles. The van der Waals surface area contributed by atoms with Crippen LogP contribution in [0.2, 0.25) is 0 Å². The summed E-state index contributed by atoms with van der Waals surface area (Å²) in [6.45, 7) is 14.2. The largest absolute Gasteiger partial charge is 0.463 e. The normalized spacial score (nSPS) is 11.4. The van der Waals surface area contributed by atoms with Crippen LogP contribution in [0.3, 0.4) is 0 Å². The van der Waals surface area contributed by atoms with Crippen molar-refractivity contribution in [1.82, 2.24) is 0 Å². The van der Waals surface area contributed by atoms with Gasteiger partial charge >= 0.3 is 5.97 Å². The lowest BCUT2D eigenvalue weighted by Crippen LogP contribution is -2.15. The third-order valence-corrected chi connectivity index (χ3v) is 6.81. The van der Waals surface area contributed by atoms with Gasteiger partial charge in [0, 0.05) is 13.0 Å². The molecule has 0 saturated carbocycles. The van der Waals surface area contributed by atoms with Gasteiger partial charge in [0.05, 0.1) is 112 Å². The molecule has 0 aliphatic carbocycles. The Kier molecular flexibility index (Phi) is 41.3. The molecule has 11 nitrogen and oxygen atoms in total. The average Bonchev–Trinajstić information content (AvgIpc) is 3.06. The van der Waals surface area contributed by atoms with E-state index in [1.54, 1.807) is 0 Å². The number of hydrogen-bond acceptors (Lipinski definition) is 11. The maximum atomic E-state index is 11.2. The molecule has 0 aromatic heterocycles. The lowest BCUT2D eigenvalue weighted by Gasteiger charge is -2.09. The molecular weight excluding hydrogens is 596 g/mol. The number of esters is 1. The fraction of sp³-hybridized carbons (Fsp3) is 0.971. The first-order chi connectivity index (χ1) is 22.8. The van der Waals surface area contributed by atoms with Crippen molar-refractivity contribution in [2.45, 2.75) is 97.3 Å². The zero-order valence-electron chi connectivity index (χ0n) is 29.6. The maximum Gasteiger partial charge on any atom is 0.305 e. The Morgan fingerprint density at radius 2 is 0.565 bits per heavy atom. The minimum Gasteiger partial charge on any atom is -0.463 e. The minimum atomic E-state index is -0.183. The SMILES string of the molecule is CCCCCCCCCCCCCOCCOCCOCCOCCOCCOCCOCCOCCOCCOC(=O)CCC. The molecule has 0 amide bonds. The fourth-order valence-corrected chi connectivity index (χ4v) is 4.22. The molecule has 0 bridgehead atoms. The van der Waals surface area contributed by atoms with E-state index in [9.17, 15) is 4.79 Å². The monoisotopic (exact) mass is 666 g/mol. The molecule has 0 fully saturated rings. The van der Waals surface area contributed by atoms with E-state index in [0.717, 1.165) is 19.4 Å². The topological polar surface area (TPSA) is 109 Å². The Hall–Kier alpha value is -0.890. The number of hydrogen-bond donors (Lipinski definition) is 0. The molecule has 0 radical (unpaired) electrons. The molecule has 0 unspecified atom stereocenters. The first-order valence-electron chi connectivity index (χ1n) is 18.2. The average molecular weight is 667 g/mol. The quantitative estimate of drug-likeness (QED) is 0.0584. The molecule has 0 rings (SSSR count). The molecule has 0 aromatic rings. The van der Waals surface area contributed by atoms with E-state index in [-0.39, 0.29) is 12.6 Å². The Morgan fingerprint density at radius 1 is 0.304 bits per heavy atom. The van der Waals surface area contributed by atoms with E-state index in [2.05, 4.69) is 6.92 Å². The molecule has 0 saturated heterocycles. The molecule has 0 atom stereocenters. The van der Waals surface area contributed by atoms with Crippen LogP contribution in [-0.2, 0) is 52.2 Å². The smallest absolute Gasteiger partial charge is 0.305 e. The highest BCUT2D eigenvalue weighted by Gasteiger charge is 2.00. The summed E-state index contributed by atoms with van der Waals surface area (Å²) >= 11 is 0. The summed E-state index contributed by atoms with van der Waals surface area (Å²) in [4.78, 5) is 11.2. The predicted molar refractivity (Wildman–Crippen MR) is 180 cm³/mol. The molecule has 276 valence electrons. The van der Waals surface area contributed by atoms with Crippen LogP contribution in [0, 0.1) is 0 Å². The summed E-state index contributed by atoms with van der Waals surface area (Å²) in [6, 6.07) is 0. The molecule has 46 heavy (non-hydrogen) atoms. The number of carbonyl (C=O) groups is 1. The van der Waals surface area contributed by atoms with Crippen LogP contribution >= 0.6 is 0 Å². The maximum absolute atomic E-state index is 11.2. The third-order valence-electron chi connectivity index (χ3n) is 6.81. The fourth-order valence-electron chi connectivity index (χ4n) is 4.22.